The first-order valence-corrected chi connectivity index (χ1v) is 8.53. The molecule has 3 rings (SSSR count). The van der Waals surface area contributed by atoms with E-state index in [2.05, 4.69) is 20.9 Å². The number of likely N-dealkylation sites (tertiary alicyclic amines) is 2. The molecule has 0 N–H and O–H groups in total. The van der Waals surface area contributed by atoms with Crippen LogP contribution >= 0.6 is 0 Å². The van der Waals surface area contributed by atoms with Crippen LogP contribution in [-0.2, 0) is 11.3 Å². The molecule has 2 aliphatic rings. The van der Waals surface area contributed by atoms with E-state index in [-0.39, 0.29) is 11.5 Å². The maximum Gasteiger partial charge on any atom is 0.225 e. The quantitative estimate of drug-likeness (QED) is 0.861. The lowest BCUT2D eigenvalue weighted by Crippen LogP contribution is -2.57. The molecule has 4 nitrogen and oxygen atoms in total. The van der Waals surface area contributed by atoms with Crippen molar-refractivity contribution in [2.75, 3.05) is 19.6 Å². The van der Waals surface area contributed by atoms with Gasteiger partial charge in [0.2, 0.25) is 5.91 Å². The van der Waals surface area contributed by atoms with Crippen molar-refractivity contribution >= 4 is 5.91 Å². The zero-order valence-electron chi connectivity index (χ0n) is 13.8. The van der Waals surface area contributed by atoms with Crippen LogP contribution in [0.25, 0.3) is 0 Å². The lowest BCUT2D eigenvalue weighted by molar-refractivity contribution is -0.140. The van der Waals surface area contributed by atoms with Crippen molar-refractivity contribution in [3.8, 4) is 0 Å². The Labute approximate surface area is 133 Å². The molecule has 1 aromatic heterocycles. The number of carbonyl (C=O) groups is 1. The highest BCUT2D eigenvalue weighted by molar-refractivity contribution is 5.79. The van der Waals surface area contributed by atoms with Gasteiger partial charge in [0, 0.05) is 37.9 Å². The molecule has 4 heteroatoms. The summed E-state index contributed by atoms with van der Waals surface area (Å²) in [6.45, 7) is 8.06. The molecular formula is C18H27N3O. The largest absolute Gasteiger partial charge is 0.336 e. The topological polar surface area (TPSA) is 36.4 Å². The first kappa shape index (κ1) is 15.5. The predicted octanol–water partition coefficient (Wildman–Crippen LogP) is 2.69. The molecule has 0 saturated carbocycles. The van der Waals surface area contributed by atoms with Gasteiger partial charge < -0.3 is 4.90 Å². The summed E-state index contributed by atoms with van der Waals surface area (Å²) in [4.78, 5) is 21.5. The third-order valence-corrected chi connectivity index (χ3v) is 5.12. The summed E-state index contributed by atoms with van der Waals surface area (Å²) < 4.78 is 0. The first-order chi connectivity index (χ1) is 10.6. The maximum absolute atomic E-state index is 12.6. The number of rotatable bonds is 3. The lowest BCUT2D eigenvalue weighted by Gasteiger charge is -2.46. The lowest BCUT2D eigenvalue weighted by atomic mass is 9.85. The minimum atomic E-state index is 0.0851. The second-order valence-electron chi connectivity index (χ2n) is 7.15. The molecule has 1 unspecified atom stereocenters. The number of piperidine rings is 1. The molecule has 2 saturated heterocycles. The highest BCUT2D eigenvalue weighted by Gasteiger charge is 2.46. The molecule has 0 bridgehead atoms. The normalized spacial score (nSPS) is 26.0. The smallest absolute Gasteiger partial charge is 0.225 e. The van der Waals surface area contributed by atoms with Gasteiger partial charge in [-0.1, -0.05) is 19.9 Å². The zero-order valence-corrected chi connectivity index (χ0v) is 13.8. The van der Waals surface area contributed by atoms with Crippen LogP contribution in [0.1, 0.15) is 45.1 Å². The summed E-state index contributed by atoms with van der Waals surface area (Å²) in [5.74, 6) is 0.435. The van der Waals surface area contributed by atoms with E-state index < -0.39 is 0 Å². The van der Waals surface area contributed by atoms with Crippen LogP contribution in [0.15, 0.2) is 24.5 Å². The summed E-state index contributed by atoms with van der Waals surface area (Å²) in [7, 11) is 0. The molecule has 22 heavy (non-hydrogen) atoms. The van der Waals surface area contributed by atoms with Gasteiger partial charge in [-0.05, 0) is 43.9 Å². The van der Waals surface area contributed by atoms with E-state index >= 15 is 0 Å². The second kappa shape index (κ2) is 6.37. The number of hydrogen-bond acceptors (Lipinski definition) is 3. The minimum Gasteiger partial charge on any atom is -0.336 e. The van der Waals surface area contributed by atoms with Gasteiger partial charge in [-0.25, -0.2) is 0 Å². The van der Waals surface area contributed by atoms with E-state index in [1.807, 2.05) is 32.3 Å². The summed E-state index contributed by atoms with van der Waals surface area (Å²) in [5.41, 5.74) is 1.35. The average Bonchev–Trinajstić information content (AvgIpc) is 2.90. The Bertz CT molecular complexity index is 516. The molecule has 1 atom stereocenters. The van der Waals surface area contributed by atoms with Crippen LogP contribution in [0.2, 0.25) is 0 Å². The van der Waals surface area contributed by atoms with Crippen LogP contribution in [-0.4, -0.2) is 45.9 Å². The van der Waals surface area contributed by atoms with E-state index in [0.29, 0.717) is 5.91 Å². The molecule has 0 radical (unpaired) electrons. The molecular weight excluding hydrogens is 274 g/mol. The van der Waals surface area contributed by atoms with Crippen molar-refractivity contribution in [3.63, 3.8) is 0 Å². The standard InChI is InChI=1S/C18H27N3O/c1-15(2)17(22)21-11-5-8-18(21)7-4-10-20(14-18)13-16-6-3-9-19-12-16/h3,6,9,12,15H,4-5,7-8,10-11,13-14H2,1-2H3. The Morgan fingerprint density at radius 2 is 2.09 bits per heavy atom. The van der Waals surface area contributed by atoms with Gasteiger partial charge in [-0.3, -0.25) is 14.7 Å². The Hall–Kier alpha value is -1.42. The zero-order chi connectivity index (χ0) is 15.6. The van der Waals surface area contributed by atoms with E-state index in [4.69, 9.17) is 0 Å². The third-order valence-electron chi connectivity index (χ3n) is 5.12. The molecule has 3 heterocycles. The van der Waals surface area contributed by atoms with Gasteiger partial charge in [0.15, 0.2) is 0 Å². The fraction of sp³-hybridized carbons (Fsp3) is 0.667. The van der Waals surface area contributed by atoms with Crippen LogP contribution in [0, 0.1) is 5.92 Å². The number of carbonyl (C=O) groups excluding carboxylic acids is 1. The molecule has 0 aliphatic carbocycles. The third kappa shape index (κ3) is 3.02. The van der Waals surface area contributed by atoms with Crippen molar-refractivity contribution in [1.82, 2.24) is 14.8 Å². The van der Waals surface area contributed by atoms with E-state index in [1.165, 1.54) is 12.0 Å². The average molecular weight is 301 g/mol. The SMILES string of the molecule is CC(C)C(=O)N1CCCC12CCCN(Cc1cccnc1)C2. The van der Waals surface area contributed by atoms with Gasteiger partial charge in [-0.2, -0.15) is 0 Å². The Morgan fingerprint density at radius 1 is 1.32 bits per heavy atom. The van der Waals surface area contributed by atoms with Gasteiger partial charge in [0.1, 0.15) is 0 Å². The van der Waals surface area contributed by atoms with Crippen molar-refractivity contribution in [1.29, 1.82) is 0 Å². The summed E-state index contributed by atoms with van der Waals surface area (Å²) >= 11 is 0. The summed E-state index contributed by atoms with van der Waals surface area (Å²) in [6, 6.07) is 4.14. The van der Waals surface area contributed by atoms with Gasteiger partial charge >= 0.3 is 0 Å². The van der Waals surface area contributed by atoms with Crippen molar-refractivity contribution in [3.05, 3.63) is 30.1 Å². The van der Waals surface area contributed by atoms with Crippen LogP contribution in [0.5, 0.6) is 0 Å². The predicted molar refractivity (Wildman–Crippen MR) is 87.3 cm³/mol. The first-order valence-electron chi connectivity index (χ1n) is 8.53. The highest BCUT2D eigenvalue weighted by atomic mass is 16.2. The number of amides is 1. The highest BCUT2D eigenvalue weighted by Crippen LogP contribution is 2.38. The van der Waals surface area contributed by atoms with Crippen molar-refractivity contribution in [2.24, 2.45) is 5.92 Å². The molecule has 2 aliphatic heterocycles. The van der Waals surface area contributed by atoms with Crippen LogP contribution < -0.4 is 0 Å². The van der Waals surface area contributed by atoms with Gasteiger partial charge in [0.25, 0.3) is 0 Å². The number of nitrogens with zero attached hydrogens (tertiary/aromatic N) is 3. The van der Waals surface area contributed by atoms with Gasteiger partial charge in [-0.15, -0.1) is 0 Å². The van der Waals surface area contributed by atoms with Crippen LogP contribution in [0.3, 0.4) is 0 Å². The van der Waals surface area contributed by atoms with Crippen molar-refractivity contribution < 1.29 is 4.79 Å². The van der Waals surface area contributed by atoms with Crippen molar-refractivity contribution in [2.45, 2.75) is 51.6 Å². The Balaban J connectivity index is 1.72. The fourth-order valence-electron chi connectivity index (χ4n) is 4.11. The van der Waals surface area contributed by atoms with Gasteiger partial charge in [0.05, 0.1) is 5.54 Å². The second-order valence-corrected chi connectivity index (χ2v) is 7.15. The summed E-state index contributed by atoms with van der Waals surface area (Å²) in [6.07, 6.45) is 8.43. The Kier molecular flexibility index (Phi) is 4.48. The molecule has 2 fully saturated rings. The number of pyridine rings is 1. The van der Waals surface area contributed by atoms with E-state index in [9.17, 15) is 4.79 Å². The van der Waals surface area contributed by atoms with E-state index in [1.54, 1.807) is 0 Å². The molecule has 0 aromatic carbocycles. The summed E-state index contributed by atoms with van der Waals surface area (Å²) in [5, 5.41) is 0. The maximum atomic E-state index is 12.6. The van der Waals surface area contributed by atoms with E-state index in [0.717, 1.165) is 45.4 Å². The number of hydrogen-bond donors (Lipinski definition) is 0. The molecule has 1 aromatic rings. The Morgan fingerprint density at radius 3 is 2.77 bits per heavy atom. The monoisotopic (exact) mass is 301 g/mol. The number of aromatic nitrogens is 1. The molecule has 1 spiro atoms. The fourth-order valence-corrected chi connectivity index (χ4v) is 4.11. The molecule has 1 amide bonds. The van der Waals surface area contributed by atoms with Crippen LogP contribution in [0.4, 0.5) is 0 Å². The minimum absolute atomic E-state index is 0.0851. The molecule has 120 valence electrons.